The number of pyridine rings is 1. The van der Waals surface area contributed by atoms with Crippen LogP contribution in [0.3, 0.4) is 0 Å². The summed E-state index contributed by atoms with van der Waals surface area (Å²) in [6.07, 6.45) is 6.29. The Morgan fingerprint density at radius 2 is 2.19 bits per heavy atom. The minimum Gasteiger partial charge on any atom is -0.478 e. The SMILES string of the molecule is CCCCCCOc1cc(C(C)=O)ccn1. The average molecular weight is 221 g/mol. The van der Waals surface area contributed by atoms with Crippen LogP contribution in [0, 0.1) is 0 Å². The Kier molecular flexibility index (Phi) is 5.54. The molecular weight excluding hydrogens is 202 g/mol. The van der Waals surface area contributed by atoms with E-state index in [1.54, 1.807) is 25.3 Å². The Hall–Kier alpha value is -1.38. The van der Waals surface area contributed by atoms with Crippen LogP contribution in [0.5, 0.6) is 5.88 Å². The number of Topliss-reactive ketones (excluding diaryl/α,β-unsaturated/α-hetero) is 1. The van der Waals surface area contributed by atoms with Crippen LogP contribution < -0.4 is 4.74 Å². The third-order valence-electron chi connectivity index (χ3n) is 2.39. The highest BCUT2D eigenvalue weighted by atomic mass is 16.5. The molecule has 0 fully saturated rings. The molecule has 0 atom stereocenters. The molecule has 1 rings (SSSR count). The maximum absolute atomic E-state index is 11.1. The smallest absolute Gasteiger partial charge is 0.213 e. The van der Waals surface area contributed by atoms with Gasteiger partial charge in [0.05, 0.1) is 6.61 Å². The van der Waals surface area contributed by atoms with Crippen LogP contribution >= 0.6 is 0 Å². The lowest BCUT2D eigenvalue weighted by molar-refractivity contribution is 0.101. The molecule has 0 radical (unpaired) electrons. The van der Waals surface area contributed by atoms with Crippen LogP contribution in [0.2, 0.25) is 0 Å². The molecule has 0 amide bonds. The Morgan fingerprint density at radius 3 is 2.88 bits per heavy atom. The molecule has 0 bridgehead atoms. The highest BCUT2D eigenvalue weighted by molar-refractivity contribution is 5.94. The zero-order valence-electron chi connectivity index (χ0n) is 10.0. The van der Waals surface area contributed by atoms with E-state index in [-0.39, 0.29) is 5.78 Å². The van der Waals surface area contributed by atoms with Crippen molar-refractivity contribution in [3.05, 3.63) is 23.9 Å². The van der Waals surface area contributed by atoms with E-state index in [2.05, 4.69) is 11.9 Å². The van der Waals surface area contributed by atoms with Gasteiger partial charge in [-0.1, -0.05) is 26.2 Å². The largest absolute Gasteiger partial charge is 0.478 e. The van der Waals surface area contributed by atoms with Gasteiger partial charge in [-0.15, -0.1) is 0 Å². The second kappa shape index (κ2) is 6.99. The molecule has 3 nitrogen and oxygen atoms in total. The monoisotopic (exact) mass is 221 g/mol. The predicted octanol–water partition coefficient (Wildman–Crippen LogP) is 3.24. The van der Waals surface area contributed by atoms with E-state index in [0.717, 1.165) is 6.42 Å². The van der Waals surface area contributed by atoms with Crippen molar-refractivity contribution < 1.29 is 9.53 Å². The van der Waals surface area contributed by atoms with Crippen molar-refractivity contribution in [3.8, 4) is 5.88 Å². The zero-order chi connectivity index (χ0) is 11.8. The molecule has 0 aromatic carbocycles. The molecule has 1 aromatic rings. The number of unbranched alkanes of at least 4 members (excludes halogenated alkanes) is 3. The van der Waals surface area contributed by atoms with E-state index in [1.165, 1.54) is 19.3 Å². The molecule has 0 aliphatic heterocycles. The number of aromatic nitrogens is 1. The minimum atomic E-state index is 0.0400. The van der Waals surface area contributed by atoms with Gasteiger partial charge >= 0.3 is 0 Å². The van der Waals surface area contributed by atoms with Gasteiger partial charge in [-0.3, -0.25) is 4.79 Å². The third-order valence-corrected chi connectivity index (χ3v) is 2.39. The lowest BCUT2D eigenvalue weighted by atomic mass is 10.2. The molecule has 1 heterocycles. The van der Waals surface area contributed by atoms with Crippen molar-refractivity contribution in [1.82, 2.24) is 4.98 Å². The van der Waals surface area contributed by atoms with Crippen LogP contribution in [-0.2, 0) is 0 Å². The second-order valence-corrected chi connectivity index (χ2v) is 3.85. The molecule has 0 spiro atoms. The van der Waals surface area contributed by atoms with Crippen molar-refractivity contribution in [2.45, 2.75) is 39.5 Å². The third kappa shape index (κ3) is 4.43. The normalized spacial score (nSPS) is 10.1. The lowest BCUT2D eigenvalue weighted by Crippen LogP contribution is -2.01. The molecule has 0 N–H and O–H groups in total. The summed E-state index contributed by atoms with van der Waals surface area (Å²) in [7, 11) is 0. The van der Waals surface area contributed by atoms with Crippen molar-refractivity contribution in [2.24, 2.45) is 0 Å². The molecule has 0 saturated carbocycles. The van der Waals surface area contributed by atoms with E-state index in [1.807, 2.05) is 0 Å². The summed E-state index contributed by atoms with van der Waals surface area (Å²) >= 11 is 0. The van der Waals surface area contributed by atoms with Crippen LogP contribution in [0.25, 0.3) is 0 Å². The number of carbonyl (C=O) groups is 1. The number of carbonyl (C=O) groups excluding carboxylic acids is 1. The standard InChI is InChI=1S/C13H19NO2/c1-3-4-5-6-9-16-13-10-12(11(2)15)7-8-14-13/h7-8,10H,3-6,9H2,1-2H3. The number of rotatable bonds is 7. The summed E-state index contributed by atoms with van der Waals surface area (Å²) in [5, 5.41) is 0. The van der Waals surface area contributed by atoms with Gasteiger partial charge in [0.15, 0.2) is 5.78 Å². The number of hydrogen-bond acceptors (Lipinski definition) is 3. The van der Waals surface area contributed by atoms with Crippen molar-refractivity contribution in [1.29, 1.82) is 0 Å². The maximum atomic E-state index is 11.1. The molecule has 0 aliphatic carbocycles. The first-order valence-corrected chi connectivity index (χ1v) is 5.84. The van der Waals surface area contributed by atoms with Gasteiger partial charge < -0.3 is 4.74 Å². The first kappa shape index (κ1) is 12.7. The molecule has 0 aliphatic rings. The van der Waals surface area contributed by atoms with Gasteiger partial charge in [-0.25, -0.2) is 4.98 Å². The summed E-state index contributed by atoms with van der Waals surface area (Å²) in [6.45, 7) is 4.40. The van der Waals surface area contributed by atoms with E-state index in [9.17, 15) is 4.79 Å². The van der Waals surface area contributed by atoms with Gasteiger partial charge in [0.1, 0.15) is 0 Å². The number of nitrogens with zero attached hydrogens (tertiary/aromatic N) is 1. The van der Waals surface area contributed by atoms with E-state index < -0.39 is 0 Å². The van der Waals surface area contributed by atoms with Gasteiger partial charge in [-0.05, 0) is 19.4 Å². The first-order chi connectivity index (χ1) is 7.74. The fraction of sp³-hybridized carbons (Fsp3) is 0.538. The highest BCUT2D eigenvalue weighted by Crippen LogP contribution is 2.10. The Morgan fingerprint density at radius 1 is 1.38 bits per heavy atom. The van der Waals surface area contributed by atoms with Crippen LogP contribution in [0.15, 0.2) is 18.3 Å². The summed E-state index contributed by atoms with van der Waals surface area (Å²) in [5.74, 6) is 0.586. The maximum Gasteiger partial charge on any atom is 0.213 e. The van der Waals surface area contributed by atoms with E-state index >= 15 is 0 Å². The Bertz CT molecular complexity index is 336. The quantitative estimate of drug-likeness (QED) is 0.524. The molecule has 0 unspecified atom stereocenters. The van der Waals surface area contributed by atoms with E-state index in [0.29, 0.717) is 18.1 Å². The molecule has 3 heteroatoms. The topological polar surface area (TPSA) is 39.2 Å². The van der Waals surface area contributed by atoms with Crippen molar-refractivity contribution in [2.75, 3.05) is 6.61 Å². The van der Waals surface area contributed by atoms with Gasteiger partial charge in [0.2, 0.25) is 5.88 Å². The number of hydrogen-bond donors (Lipinski definition) is 0. The fourth-order valence-corrected chi connectivity index (χ4v) is 1.41. The van der Waals surface area contributed by atoms with E-state index in [4.69, 9.17) is 4.74 Å². The van der Waals surface area contributed by atoms with Crippen LogP contribution in [-0.4, -0.2) is 17.4 Å². The van der Waals surface area contributed by atoms with Gasteiger partial charge in [-0.2, -0.15) is 0 Å². The zero-order valence-corrected chi connectivity index (χ0v) is 10.0. The lowest BCUT2D eigenvalue weighted by Gasteiger charge is -2.05. The molecule has 0 saturated heterocycles. The molecule has 88 valence electrons. The summed E-state index contributed by atoms with van der Waals surface area (Å²) in [4.78, 5) is 15.2. The average Bonchev–Trinajstić information content (AvgIpc) is 2.29. The van der Waals surface area contributed by atoms with Gasteiger partial charge in [0, 0.05) is 17.8 Å². The van der Waals surface area contributed by atoms with Crippen LogP contribution in [0.4, 0.5) is 0 Å². The number of ether oxygens (including phenoxy) is 1. The first-order valence-electron chi connectivity index (χ1n) is 5.84. The van der Waals surface area contributed by atoms with Crippen molar-refractivity contribution in [3.63, 3.8) is 0 Å². The molecular formula is C13H19NO2. The fourth-order valence-electron chi connectivity index (χ4n) is 1.41. The molecule has 1 aromatic heterocycles. The summed E-state index contributed by atoms with van der Waals surface area (Å²) in [5.41, 5.74) is 0.651. The minimum absolute atomic E-state index is 0.0400. The van der Waals surface area contributed by atoms with Gasteiger partial charge in [0.25, 0.3) is 0 Å². The Balaban J connectivity index is 2.36. The Labute approximate surface area is 96.8 Å². The molecule has 16 heavy (non-hydrogen) atoms. The highest BCUT2D eigenvalue weighted by Gasteiger charge is 2.01. The van der Waals surface area contributed by atoms with Crippen LogP contribution in [0.1, 0.15) is 49.9 Å². The summed E-state index contributed by atoms with van der Waals surface area (Å²) in [6, 6.07) is 3.40. The predicted molar refractivity (Wildman–Crippen MR) is 63.9 cm³/mol. The second-order valence-electron chi connectivity index (χ2n) is 3.85. The number of ketones is 1. The van der Waals surface area contributed by atoms with Crippen molar-refractivity contribution >= 4 is 5.78 Å². The summed E-state index contributed by atoms with van der Waals surface area (Å²) < 4.78 is 5.48.